The molecule has 2 aromatic rings. The number of methoxy groups -OCH3 is 1. The second-order valence-corrected chi connectivity index (χ2v) is 3.04. The third-order valence-corrected chi connectivity index (χ3v) is 2.24. The number of ether oxygens (including phenoxy) is 1. The summed E-state index contributed by atoms with van der Waals surface area (Å²) < 4.78 is 9.45. The van der Waals surface area contributed by atoms with Crippen LogP contribution in [0.2, 0.25) is 5.02 Å². The van der Waals surface area contributed by atoms with Gasteiger partial charge in [0.25, 0.3) is 0 Å². The van der Waals surface area contributed by atoms with Gasteiger partial charge in [-0.25, -0.2) is 4.79 Å². The first-order chi connectivity index (χ1) is 6.74. The zero-order valence-corrected chi connectivity index (χ0v) is 8.04. The van der Waals surface area contributed by atoms with Crippen molar-refractivity contribution < 1.29 is 14.1 Å². The lowest BCUT2D eigenvalue weighted by Crippen LogP contribution is -2.01. The lowest BCUT2D eigenvalue weighted by atomic mass is 10.2. The molecule has 1 aromatic carbocycles. The fourth-order valence-electron chi connectivity index (χ4n) is 1.17. The van der Waals surface area contributed by atoms with Crippen molar-refractivity contribution in [2.45, 2.75) is 0 Å². The van der Waals surface area contributed by atoms with E-state index in [1.807, 2.05) is 0 Å². The van der Waals surface area contributed by atoms with Crippen molar-refractivity contribution in [2.75, 3.05) is 7.11 Å². The molecule has 72 valence electrons. The Morgan fingerprint density at radius 2 is 2.36 bits per heavy atom. The number of nitrogens with zero attached hydrogens (tertiary/aromatic N) is 1. The number of halogens is 1. The van der Waals surface area contributed by atoms with Crippen molar-refractivity contribution in [1.82, 2.24) is 5.16 Å². The Kier molecular flexibility index (Phi) is 2.13. The number of aromatic nitrogens is 1. The second-order valence-electron chi connectivity index (χ2n) is 2.66. The summed E-state index contributed by atoms with van der Waals surface area (Å²) in [5.41, 5.74) is 0.674. The van der Waals surface area contributed by atoms with Crippen LogP contribution in [0.5, 0.6) is 0 Å². The molecule has 2 rings (SSSR count). The second kappa shape index (κ2) is 3.31. The molecule has 0 radical (unpaired) electrons. The fourth-order valence-corrected chi connectivity index (χ4v) is 1.45. The molecule has 1 aromatic heterocycles. The Bertz CT molecular complexity index is 492. The number of fused-ring (bicyclic) bond motifs is 1. The SMILES string of the molecule is COC(=O)c1ccc2cnoc2c1Cl. The van der Waals surface area contributed by atoms with Gasteiger partial charge in [-0.15, -0.1) is 0 Å². The molecule has 1 heterocycles. The molecule has 0 spiro atoms. The molecule has 0 aliphatic rings. The number of rotatable bonds is 1. The molecule has 5 heteroatoms. The highest BCUT2D eigenvalue weighted by molar-refractivity contribution is 6.37. The molecule has 0 N–H and O–H groups in total. The standard InChI is InChI=1S/C9H6ClNO3/c1-13-9(12)6-3-2-5-4-11-14-8(5)7(6)10/h2-4H,1H3. The van der Waals surface area contributed by atoms with E-state index in [-0.39, 0.29) is 10.6 Å². The lowest BCUT2D eigenvalue weighted by Gasteiger charge is -2.00. The van der Waals surface area contributed by atoms with Crippen LogP contribution in [0.1, 0.15) is 10.4 Å². The zero-order chi connectivity index (χ0) is 10.1. The quantitative estimate of drug-likeness (QED) is 0.679. The van der Waals surface area contributed by atoms with Gasteiger partial charge in [0.1, 0.15) is 5.02 Å². The Labute approximate surface area is 84.4 Å². The summed E-state index contributed by atoms with van der Waals surface area (Å²) in [6.45, 7) is 0. The first-order valence-corrected chi connectivity index (χ1v) is 4.23. The van der Waals surface area contributed by atoms with Crippen LogP contribution in [-0.2, 0) is 4.74 Å². The van der Waals surface area contributed by atoms with E-state index < -0.39 is 5.97 Å². The minimum Gasteiger partial charge on any atom is -0.465 e. The van der Waals surface area contributed by atoms with Crippen LogP contribution in [0.3, 0.4) is 0 Å². The van der Waals surface area contributed by atoms with E-state index in [0.717, 1.165) is 5.39 Å². The molecule has 14 heavy (non-hydrogen) atoms. The molecule has 0 aliphatic carbocycles. The van der Waals surface area contributed by atoms with Gasteiger partial charge in [-0.3, -0.25) is 0 Å². The van der Waals surface area contributed by atoms with Crippen LogP contribution < -0.4 is 0 Å². The third kappa shape index (κ3) is 1.24. The zero-order valence-electron chi connectivity index (χ0n) is 7.28. The molecular weight excluding hydrogens is 206 g/mol. The van der Waals surface area contributed by atoms with Crippen LogP contribution in [0, 0.1) is 0 Å². The van der Waals surface area contributed by atoms with Crippen molar-refractivity contribution in [3.63, 3.8) is 0 Å². The first-order valence-electron chi connectivity index (χ1n) is 3.85. The van der Waals surface area contributed by atoms with Gasteiger partial charge >= 0.3 is 5.97 Å². The van der Waals surface area contributed by atoms with Crippen molar-refractivity contribution in [1.29, 1.82) is 0 Å². The van der Waals surface area contributed by atoms with E-state index in [1.165, 1.54) is 13.3 Å². The Balaban J connectivity index is 2.67. The van der Waals surface area contributed by atoms with Crippen molar-refractivity contribution in [3.8, 4) is 0 Å². The van der Waals surface area contributed by atoms with Gasteiger partial charge < -0.3 is 9.26 Å². The maximum absolute atomic E-state index is 11.2. The summed E-state index contributed by atoms with van der Waals surface area (Å²) in [6, 6.07) is 3.28. The maximum Gasteiger partial charge on any atom is 0.339 e. The summed E-state index contributed by atoms with van der Waals surface area (Å²) in [4.78, 5) is 11.2. The molecule has 0 atom stereocenters. The highest BCUT2D eigenvalue weighted by atomic mass is 35.5. The van der Waals surface area contributed by atoms with E-state index in [0.29, 0.717) is 5.58 Å². The average Bonchev–Trinajstić information content (AvgIpc) is 2.66. The number of benzene rings is 1. The molecule has 0 amide bonds. The van der Waals surface area contributed by atoms with E-state index in [9.17, 15) is 4.79 Å². The lowest BCUT2D eigenvalue weighted by molar-refractivity contribution is 0.0601. The maximum atomic E-state index is 11.2. The molecule has 0 saturated carbocycles. The van der Waals surface area contributed by atoms with Crippen LogP contribution in [0.25, 0.3) is 11.0 Å². The number of carbonyl (C=O) groups is 1. The highest BCUT2D eigenvalue weighted by Gasteiger charge is 2.15. The minimum absolute atomic E-state index is 0.229. The molecule has 0 aliphatic heterocycles. The van der Waals surface area contributed by atoms with Gasteiger partial charge in [-0.2, -0.15) is 0 Å². The van der Waals surface area contributed by atoms with Crippen LogP contribution in [-0.4, -0.2) is 18.2 Å². The number of esters is 1. The Hall–Kier alpha value is -1.55. The van der Waals surface area contributed by atoms with E-state index in [1.54, 1.807) is 12.1 Å². The summed E-state index contributed by atoms with van der Waals surface area (Å²) in [5, 5.41) is 4.56. The normalized spacial score (nSPS) is 10.4. The smallest absolute Gasteiger partial charge is 0.339 e. The van der Waals surface area contributed by atoms with Gasteiger partial charge in [0.05, 0.1) is 18.9 Å². The van der Waals surface area contributed by atoms with Crippen molar-refractivity contribution in [2.24, 2.45) is 0 Å². The van der Waals surface area contributed by atoms with Gasteiger partial charge in [-0.1, -0.05) is 16.8 Å². The monoisotopic (exact) mass is 211 g/mol. The molecule has 0 bridgehead atoms. The number of hydrogen-bond acceptors (Lipinski definition) is 4. The van der Waals surface area contributed by atoms with E-state index in [2.05, 4.69) is 9.89 Å². The van der Waals surface area contributed by atoms with Crippen molar-refractivity contribution >= 4 is 28.5 Å². The predicted molar refractivity (Wildman–Crippen MR) is 50.4 cm³/mol. The summed E-state index contributed by atoms with van der Waals surface area (Å²) in [7, 11) is 1.29. The highest BCUT2D eigenvalue weighted by Crippen LogP contribution is 2.27. The summed E-state index contributed by atoms with van der Waals surface area (Å²) >= 11 is 5.92. The van der Waals surface area contributed by atoms with E-state index in [4.69, 9.17) is 16.1 Å². The topological polar surface area (TPSA) is 52.3 Å². The molecule has 0 fully saturated rings. The van der Waals surface area contributed by atoms with Crippen LogP contribution in [0.4, 0.5) is 0 Å². The van der Waals surface area contributed by atoms with Gasteiger partial charge in [0, 0.05) is 5.39 Å². The molecular formula is C9H6ClNO3. The largest absolute Gasteiger partial charge is 0.465 e. The van der Waals surface area contributed by atoms with Gasteiger partial charge in [-0.05, 0) is 12.1 Å². The average molecular weight is 212 g/mol. The first kappa shape index (κ1) is 9.02. The third-order valence-electron chi connectivity index (χ3n) is 1.87. The van der Waals surface area contributed by atoms with Gasteiger partial charge in [0.2, 0.25) is 0 Å². The molecule has 0 saturated heterocycles. The number of hydrogen-bond donors (Lipinski definition) is 0. The molecule has 4 nitrogen and oxygen atoms in total. The fraction of sp³-hybridized carbons (Fsp3) is 0.111. The molecule has 0 unspecified atom stereocenters. The van der Waals surface area contributed by atoms with Crippen LogP contribution in [0.15, 0.2) is 22.9 Å². The predicted octanol–water partition coefficient (Wildman–Crippen LogP) is 2.27. The van der Waals surface area contributed by atoms with E-state index >= 15 is 0 Å². The Morgan fingerprint density at radius 1 is 1.57 bits per heavy atom. The summed E-state index contributed by atoms with van der Waals surface area (Å²) in [5.74, 6) is -0.492. The van der Waals surface area contributed by atoms with Gasteiger partial charge in [0.15, 0.2) is 5.58 Å². The number of carbonyl (C=O) groups excluding carboxylic acids is 1. The summed E-state index contributed by atoms with van der Waals surface area (Å²) in [6.07, 6.45) is 1.53. The van der Waals surface area contributed by atoms with Crippen molar-refractivity contribution in [3.05, 3.63) is 28.9 Å². The minimum atomic E-state index is -0.492. The Morgan fingerprint density at radius 3 is 3.07 bits per heavy atom. The van der Waals surface area contributed by atoms with Crippen LogP contribution >= 0.6 is 11.6 Å².